The summed E-state index contributed by atoms with van der Waals surface area (Å²) in [6, 6.07) is 18.0. The van der Waals surface area contributed by atoms with Crippen LogP contribution in [0.25, 0.3) is 11.1 Å². The molecule has 0 aromatic heterocycles. The first-order valence-corrected chi connectivity index (χ1v) is 8.37. The Morgan fingerprint density at radius 3 is 2.20 bits per heavy atom. The van der Waals surface area contributed by atoms with Gasteiger partial charge in [0.05, 0.1) is 0 Å². The number of hydroxylamine groups is 2. The normalized spacial score (nSPS) is 20.6. The summed E-state index contributed by atoms with van der Waals surface area (Å²) in [4.78, 5) is 10.1. The zero-order chi connectivity index (χ0) is 17.9. The van der Waals surface area contributed by atoms with Crippen molar-refractivity contribution in [3.63, 3.8) is 0 Å². The topological polar surface area (TPSA) is 54.2 Å². The van der Waals surface area contributed by atoms with Crippen LogP contribution >= 0.6 is 0 Å². The van der Waals surface area contributed by atoms with Crippen molar-refractivity contribution >= 4 is 12.7 Å². The highest BCUT2D eigenvalue weighted by Crippen LogP contribution is 2.27. The molecule has 0 radical (unpaired) electrons. The van der Waals surface area contributed by atoms with Gasteiger partial charge in [0.15, 0.2) is 18.6 Å². The molecule has 2 atom stereocenters. The molecule has 1 N–H and O–H groups in total. The molecule has 0 saturated heterocycles. The van der Waals surface area contributed by atoms with E-state index in [4.69, 9.17) is 4.84 Å². The third kappa shape index (κ3) is 4.13. The van der Waals surface area contributed by atoms with Crippen molar-refractivity contribution < 1.29 is 14.7 Å². The highest BCUT2D eigenvalue weighted by molar-refractivity contribution is 5.70. The molecular weight excluding hydrogens is 314 g/mol. The van der Waals surface area contributed by atoms with Gasteiger partial charge in [0.2, 0.25) is 0 Å². The van der Waals surface area contributed by atoms with Crippen molar-refractivity contribution in [2.45, 2.75) is 26.9 Å². The Hall–Kier alpha value is -2.50. The highest BCUT2D eigenvalue weighted by Gasteiger charge is 2.39. The summed E-state index contributed by atoms with van der Waals surface area (Å²) in [5.74, 6) is 0.672. The van der Waals surface area contributed by atoms with Crippen molar-refractivity contribution in [3.05, 3.63) is 54.6 Å². The summed E-state index contributed by atoms with van der Waals surface area (Å²) in [5.41, 5.74) is 2.01. The first-order chi connectivity index (χ1) is 11.9. The Labute approximate surface area is 148 Å². The van der Waals surface area contributed by atoms with Gasteiger partial charge >= 0.3 is 0 Å². The summed E-state index contributed by atoms with van der Waals surface area (Å²) in [5, 5.41) is 14.8. The Balaban J connectivity index is 1.77. The van der Waals surface area contributed by atoms with Crippen LogP contribution in [0.15, 0.2) is 64.7 Å². The van der Waals surface area contributed by atoms with Crippen molar-refractivity contribution in [2.24, 2.45) is 15.5 Å². The fourth-order valence-electron chi connectivity index (χ4n) is 2.50. The molecule has 0 aliphatic carbocycles. The number of quaternary nitrogens is 1. The Bertz CT molecular complexity index is 750. The second-order valence-electron chi connectivity index (χ2n) is 7.30. The Morgan fingerprint density at radius 2 is 1.64 bits per heavy atom. The number of hydrogen-bond donors (Lipinski definition) is 1. The summed E-state index contributed by atoms with van der Waals surface area (Å²) in [7, 11) is 0. The Kier molecular flexibility index (Phi) is 4.70. The standard InChI is InChI=1S/C20H24N3O2/c1-20(2,3)19(24)13-23(15-21-14-22-23)25-18-11-9-17(10-12-18)16-7-5-4-6-8-16/h4-12,14-15,19,24H,13H2,1-3H3/q+1. The lowest BCUT2D eigenvalue weighted by molar-refractivity contribution is -1.01. The fourth-order valence-corrected chi connectivity index (χ4v) is 2.50. The number of benzene rings is 2. The van der Waals surface area contributed by atoms with Crippen LogP contribution in [0.3, 0.4) is 0 Å². The first-order valence-electron chi connectivity index (χ1n) is 8.37. The maximum absolute atomic E-state index is 10.5. The lowest BCUT2D eigenvalue weighted by Crippen LogP contribution is -2.51. The van der Waals surface area contributed by atoms with Gasteiger partial charge in [0.25, 0.3) is 6.34 Å². The van der Waals surface area contributed by atoms with Gasteiger partial charge in [0, 0.05) is 4.76 Å². The lowest BCUT2D eigenvalue weighted by atomic mass is 9.89. The van der Waals surface area contributed by atoms with Crippen molar-refractivity contribution in [2.75, 3.05) is 6.54 Å². The molecule has 2 aromatic rings. The summed E-state index contributed by atoms with van der Waals surface area (Å²) >= 11 is 0. The van der Waals surface area contributed by atoms with Crippen LogP contribution in [-0.4, -0.2) is 35.2 Å². The molecule has 5 nitrogen and oxygen atoms in total. The molecule has 1 aliphatic heterocycles. The van der Waals surface area contributed by atoms with E-state index in [1.165, 1.54) is 6.34 Å². The zero-order valence-electron chi connectivity index (χ0n) is 14.8. The maximum Gasteiger partial charge on any atom is 0.262 e. The number of nitrogens with zero attached hydrogens (tertiary/aromatic N) is 3. The molecule has 0 amide bonds. The molecule has 3 rings (SSSR count). The minimum Gasteiger partial charge on any atom is -0.386 e. The van der Waals surface area contributed by atoms with E-state index in [0.29, 0.717) is 12.3 Å². The maximum atomic E-state index is 10.5. The fraction of sp³-hybridized carbons (Fsp3) is 0.300. The molecule has 1 heterocycles. The Morgan fingerprint density at radius 1 is 1.00 bits per heavy atom. The van der Waals surface area contributed by atoms with Gasteiger partial charge in [-0.15, -0.1) is 0 Å². The molecule has 0 fully saturated rings. The molecular formula is C20H24N3O2+. The molecule has 1 aliphatic rings. The van der Waals surface area contributed by atoms with Gasteiger partial charge in [-0.1, -0.05) is 63.2 Å². The van der Waals surface area contributed by atoms with Gasteiger partial charge in [-0.25, -0.2) is 0 Å². The van der Waals surface area contributed by atoms with E-state index < -0.39 is 6.10 Å². The van der Waals surface area contributed by atoms with Gasteiger partial charge < -0.3 is 5.11 Å². The predicted octanol–water partition coefficient (Wildman–Crippen LogP) is 3.86. The summed E-state index contributed by atoms with van der Waals surface area (Å²) in [6.07, 6.45) is 2.46. The van der Waals surface area contributed by atoms with Crippen molar-refractivity contribution in [1.82, 2.24) is 0 Å². The summed E-state index contributed by atoms with van der Waals surface area (Å²) in [6.45, 7) is 6.25. The number of hydrogen-bond acceptors (Lipinski definition) is 4. The van der Waals surface area contributed by atoms with Crippen LogP contribution < -0.4 is 4.84 Å². The molecule has 2 aromatic carbocycles. The number of aliphatic hydroxyl groups excluding tert-OH is 1. The van der Waals surface area contributed by atoms with E-state index in [1.807, 2.05) is 63.2 Å². The van der Waals surface area contributed by atoms with Gasteiger partial charge in [-0.3, -0.25) is 4.84 Å². The van der Waals surface area contributed by atoms with Gasteiger partial charge in [-0.05, 0) is 33.8 Å². The minimum atomic E-state index is -0.585. The molecule has 0 spiro atoms. The van der Waals surface area contributed by atoms with Crippen molar-refractivity contribution in [1.29, 1.82) is 0 Å². The van der Waals surface area contributed by atoms with E-state index in [1.54, 1.807) is 6.34 Å². The smallest absolute Gasteiger partial charge is 0.262 e. The van der Waals surface area contributed by atoms with Gasteiger partial charge in [-0.2, -0.15) is 4.99 Å². The number of aliphatic imine (C=N–C) groups is 1. The zero-order valence-corrected chi connectivity index (χ0v) is 14.8. The van der Waals surface area contributed by atoms with Crippen LogP contribution in [0.1, 0.15) is 20.8 Å². The second kappa shape index (κ2) is 6.78. The van der Waals surface area contributed by atoms with Gasteiger partial charge in [0.1, 0.15) is 6.10 Å². The van der Waals surface area contributed by atoms with Crippen LogP contribution in [0, 0.1) is 5.41 Å². The predicted molar refractivity (Wildman–Crippen MR) is 100 cm³/mol. The van der Waals surface area contributed by atoms with E-state index in [9.17, 15) is 5.11 Å². The third-order valence-electron chi connectivity index (χ3n) is 4.22. The number of rotatable bonds is 5. The lowest BCUT2D eigenvalue weighted by Gasteiger charge is -2.30. The van der Waals surface area contributed by atoms with E-state index in [0.717, 1.165) is 11.1 Å². The monoisotopic (exact) mass is 338 g/mol. The molecule has 2 unspecified atom stereocenters. The van der Waals surface area contributed by atoms with Crippen LogP contribution in [-0.2, 0) is 0 Å². The third-order valence-corrected chi connectivity index (χ3v) is 4.22. The van der Waals surface area contributed by atoms with Crippen LogP contribution in [0.5, 0.6) is 5.75 Å². The molecule has 5 heteroatoms. The number of aliphatic hydroxyl groups is 1. The van der Waals surface area contributed by atoms with Crippen molar-refractivity contribution in [3.8, 4) is 16.9 Å². The van der Waals surface area contributed by atoms with E-state index >= 15 is 0 Å². The van der Waals surface area contributed by atoms with Crippen LogP contribution in [0.2, 0.25) is 0 Å². The first kappa shape index (κ1) is 17.3. The second-order valence-corrected chi connectivity index (χ2v) is 7.30. The molecule has 0 saturated carbocycles. The quantitative estimate of drug-likeness (QED) is 0.842. The average Bonchev–Trinajstić information content (AvgIpc) is 3.03. The average molecular weight is 338 g/mol. The largest absolute Gasteiger partial charge is 0.386 e. The van der Waals surface area contributed by atoms with E-state index in [2.05, 4.69) is 22.2 Å². The van der Waals surface area contributed by atoms with Crippen LogP contribution in [0.4, 0.5) is 0 Å². The highest BCUT2D eigenvalue weighted by atomic mass is 16.8. The molecule has 0 bridgehead atoms. The summed E-state index contributed by atoms with van der Waals surface area (Å²) < 4.78 is -0.191. The molecule has 25 heavy (non-hydrogen) atoms. The van der Waals surface area contributed by atoms with E-state index in [-0.39, 0.29) is 10.2 Å². The minimum absolute atomic E-state index is 0.191. The molecule has 130 valence electrons. The SMILES string of the molecule is CC(C)(C)C(O)C[N+]1(Oc2ccc(-c3ccccc3)cc2)C=NC=N1.